The number of terminal acetylenes is 1. The van der Waals surface area contributed by atoms with Crippen LogP contribution in [-0.2, 0) is 22.0 Å². The molecule has 0 radical (unpaired) electrons. The van der Waals surface area contributed by atoms with Crippen molar-refractivity contribution >= 4 is 9.84 Å². The van der Waals surface area contributed by atoms with E-state index in [0.29, 0.717) is 0 Å². The lowest BCUT2D eigenvalue weighted by molar-refractivity contribution is 0.410. The smallest absolute Gasteiger partial charge is 0.165 e. The van der Waals surface area contributed by atoms with Gasteiger partial charge in [0, 0.05) is 0 Å². The summed E-state index contributed by atoms with van der Waals surface area (Å²) in [5.74, 6) is 2.71. The Labute approximate surface area is 103 Å². The maximum Gasteiger partial charge on any atom is 0.165 e. The predicted molar refractivity (Wildman–Crippen MR) is 68.7 cm³/mol. The third-order valence-electron chi connectivity index (χ3n) is 2.42. The molecule has 0 saturated carbocycles. The van der Waals surface area contributed by atoms with Crippen molar-refractivity contribution < 1.29 is 13.2 Å². The van der Waals surface area contributed by atoms with Gasteiger partial charge in [0.25, 0.3) is 0 Å². The van der Waals surface area contributed by atoms with Crippen LogP contribution in [0.5, 0.6) is 5.75 Å². The summed E-state index contributed by atoms with van der Waals surface area (Å²) in [6.45, 7) is 2.00. The quantitative estimate of drug-likeness (QED) is 0.751. The van der Waals surface area contributed by atoms with E-state index in [0.717, 1.165) is 23.3 Å². The van der Waals surface area contributed by atoms with Crippen molar-refractivity contribution in [2.24, 2.45) is 0 Å². The Morgan fingerprint density at radius 3 is 2.65 bits per heavy atom. The summed E-state index contributed by atoms with van der Waals surface area (Å²) in [6.07, 6.45) is 5.82. The molecule has 0 aromatic heterocycles. The second-order valence-corrected chi connectivity index (χ2v) is 5.80. The number of sulfone groups is 1. The molecule has 0 spiro atoms. The molecule has 0 saturated heterocycles. The van der Waals surface area contributed by atoms with Crippen molar-refractivity contribution in [3.05, 3.63) is 29.3 Å². The molecule has 1 aromatic carbocycles. The van der Waals surface area contributed by atoms with Crippen LogP contribution in [0.1, 0.15) is 18.1 Å². The van der Waals surface area contributed by atoms with E-state index in [2.05, 4.69) is 5.92 Å². The fraction of sp³-hybridized carbons (Fsp3) is 0.385. The zero-order valence-corrected chi connectivity index (χ0v) is 10.9. The van der Waals surface area contributed by atoms with Gasteiger partial charge in [0.05, 0.1) is 12.9 Å². The molecule has 0 aliphatic heterocycles. The molecule has 92 valence electrons. The number of methoxy groups -OCH3 is 1. The van der Waals surface area contributed by atoms with Gasteiger partial charge in [-0.15, -0.1) is 6.42 Å². The number of rotatable bonds is 5. The van der Waals surface area contributed by atoms with E-state index in [1.54, 1.807) is 19.2 Å². The summed E-state index contributed by atoms with van der Waals surface area (Å²) in [7, 11) is -1.61. The van der Waals surface area contributed by atoms with E-state index in [4.69, 9.17) is 11.2 Å². The Hall–Kier alpha value is -1.47. The lowest BCUT2D eigenvalue weighted by Gasteiger charge is -2.09. The summed E-state index contributed by atoms with van der Waals surface area (Å²) in [5, 5.41) is 0. The molecule has 0 bridgehead atoms. The van der Waals surface area contributed by atoms with Gasteiger partial charge in [-0.3, -0.25) is 0 Å². The van der Waals surface area contributed by atoms with Crippen LogP contribution in [0.3, 0.4) is 0 Å². The van der Waals surface area contributed by atoms with Gasteiger partial charge in [-0.25, -0.2) is 8.42 Å². The first kappa shape index (κ1) is 13.6. The molecule has 17 heavy (non-hydrogen) atoms. The van der Waals surface area contributed by atoms with Gasteiger partial charge >= 0.3 is 0 Å². The first-order valence-electron chi connectivity index (χ1n) is 5.32. The fourth-order valence-corrected chi connectivity index (χ4v) is 2.67. The zero-order valence-electron chi connectivity index (χ0n) is 10.1. The molecule has 4 heteroatoms. The Morgan fingerprint density at radius 2 is 2.12 bits per heavy atom. The van der Waals surface area contributed by atoms with Crippen LogP contribution in [-0.4, -0.2) is 21.3 Å². The zero-order chi connectivity index (χ0) is 12.9. The minimum Gasteiger partial charge on any atom is -0.496 e. The molecule has 1 aromatic rings. The number of aryl methyl sites for hydroxylation is 1. The number of benzene rings is 1. The van der Waals surface area contributed by atoms with Crippen molar-refractivity contribution in [3.8, 4) is 18.1 Å². The van der Waals surface area contributed by atoms with Crippen LogP contribution >= 0.6 is 0 Å². The van der Waals surface area contributed by atoms with Gasteiger partial charge in [0.15, 0.2) is 9.84 Å². The van der Waals surface area contributed by atoms with Gasteiger partial charge in [-0.1, -0.05) is 25.0 Å². The Morgan fingerprint density at radius 1 is 1.41 bits per heavy atom. The van der Waals surface area contributed by atoms with Crippen molar-refractivity contribution in [2.75, 3.05) is 12.9 Å². The van der Waals surface area contributed by atoms with E-state index in [1.807, 2.05) is 13.0 Å². The van der Waals surface area contributed by atoms with Crippen LogP contribution in [0.15, 0.2) is 18.2 Å². The Kier molecular flexibility index (Phi) is 4.59. The van der Waals surface area contributed by atoms with Gasteiger partial charge in [0.2, 0.25) is 0 Å². The second-order valence-electron chi connectivity index (χ2n) is 3.74. The molecule has 0 aliphatic carbocycles. The predicted octanol–water partition coefficient (Wildman–Crippen LogP) is 1.81. The van der Waals surface area contributed by atoms with Crippen molar-refractivity contribution in [3.63, 3.8) is 0 Å². The van der Waals surface area contributed by atoms with Crippen molar-refractivity contribution in [1.29, 1.82) is 0 Å². The van der Waals surface area contributed by atoms with E-state index in [-0.39, 0.29) is 11.5 Å². The minimum absolute atomic E-state index is 0.0196. The molecular formula is C13H16O3S. The van der Waals surface area contributed by atoms with Gasteiger partial charge in [0.1, 0.15) is 11.5 Å². The highest BCUT2D eigenvalue weighted by atomic mass is 32.2. The lowest BCUT2D eigenvalue weighted by atomic mass is 10.1. The van der Waals surface area contributed by atoms with Gasteiger partial charge < -0.3 is 4.74 Å². The normalized spacial score (nSPS) is 10.9. The summed E-state index contributed by atoms with van der Waals surface area (Å²) in [5.41, 5.74) is 1.75. The van der Waals surface area contributed by atoms with Gasteiger partial charge in [-0.2, -0.15) is 0 Å². The first-order chi connectivity index (χ1) is 8.02. The second kappa shape index (κ2) is 5.74. The molecule has 0 amide bonds. The topological polar surface area (TPSA) is 43.4 Å². The highest BCUT2D eigenvalue weighted by molar-refractivity contribution is 7.90. The summed E-state index contributed by atoms with van der Waals surface area (Å²) in [6, 6.07) is 5.40. The summed E-state index contributed by atoms with van der Waals surface area (Å²) in [4.78, 5) is 0. The number of ether oxygens (including phenoxy) is 1. The largest absolute Gasteiger partial charge is 0.496 e. The van der Waals surface area contributed by atoms with Gasteiger partial charge in [-0.05, 0) is 23.6 Å². The van der Waals surface area contributed by atoms with Crippen LogP contribution in [0, 0.1) is 12.3 Å². The maximum absolute atomic E-state index is 11.6. The molecule has 0 unspecified atom stereocenters. The van der Waals surface area contributed by atoms with Crippen LogP contribution in [0.2, 0.25) is 0 Å². The standard InChI is InChI=1S/C13H16O3S/c1-4-8-17(14,15)10-11-6-7-13(16-3)12(5-2)9-11/h1,6-7,9H,5,8,10H2,2-3H3. The van der Waals surface area contributed by atoms with Crippen molar-refractivity contribution in [2.45, 2.75) is 19.1 Å². The Bertz CT molecular complexity index is 524. The molecule has 0 atom stereocenters. The molecule has 0 aliphatic rings. The minimum atomic E-state index is -3.21. The molecule has 0 fully saturated rings. The summed E-state index contributed by atoms with van der Waals surface area (Å²) < 4.78 is 28.3. The van der Waals surface area contributed by atoms with E-state index >= 15 is 0 Å². The first-order valence-corrected chi connectivity index (χ1v) is 7.14. The molecular weight excluding hydrogens is 236 g/mol. The van der Waals surface area contributed by atoms with Crippen LogP contribution in [0.25, 0.3) is 0 Å². The number of hydrogen-bond acceptors (Lipinski definition) is 3. The highest BCUT2D eigenvalue weighted by Crippen LogP contribution is 2.21. The highest BCUT2D eigenvalue weighted by Gasteiger charge is 2.11. The average Bonchev–Trinajstić information content (AvgIpc) is 2.28. The van der Waals surface area contributed by atoms with Crippen LogP contribution in [0.4, 0.5) is 0 Å². The molecule has 1 rings (SSSR count). The van der Waals surface area contributed by atoms with Crippen LogP contribution < -0.4 is 4.74 Å². The summed E-state index contributed by atoms with van der Waals surface area (Å²) >= 11 is 0. The molecule has 0 N–H and O–H groups in total. The third-order valence-corrected chi connectivity index (χ3v) is 3.80. The lowest BCUT2D eigenvalue weighted by Crippen LogP contribution is -2.08. The van der Waals surface area contributed by atoms with E-state index in [9.17, 15) is 8.42 Å². The molecule has 0 heterocycles. The number of hydrogen-bond donors (Lipinski definition) is 0. The van der Waals surface area contributed by atoms with E-state index in [1.165, 1.54) is 0 Å². The monoisotopic (exact) mass is 252 g/mol. The molecule has 3 nitrogen and oxygen atoms in total. The fourth-order valence-electron chi connectivity index (χ4n) is 1.63. The van der Waals surface area contributed by atoms with Crippen molar-refractivity contribution in [1.82, 2.24) is 0 Å². The third kappa shape index (κ3) is 3.79. The average molecular weight is 252 g/mol. The maximum atomic E-state index is 11.6. The Balaban J connectivity index is 2.98. The SMILES string of the molecule is C#CCS(=O)(=O)Cc1ccc(OC)c(CC)c1. The van der Waals surface area contributed by atoms with E-state index < -0.39 is 9.84 Å².